The molecule has 6 nitrogen and oxygen atoms in total. The van der Waals surface area contributed by atoms with E-state index in [-0.39, 0.29) is 6.61 Å². The van der Waals surface area contributed by atoms with Gasteiger partial charge in [0.05, 0.1) is 12.0 Å². The molecule has 1 saturated carbocycles. The van der Waals surface area contributed by atoms with E-state index in [1.54, 1.807) is 11.0 Å². The molecule has 1 aliphatic carbocycles. The van der Waals surface area contributed by atoms with Crippen molar-refractivity contribution < 1.29 is 5.11 Å². The van der Waals surface area contributed by atoms with Gasteiger partial charge in [-0.1, -0.05) is 0 Å². The monoisotopic (exact) mass is 325 g/mol. The van der Waals surface area contributed by atoms with Gasteiger partial charge in [0.15, 0.2) is 5.65 Å². The predicted octanol–water partition coefficient (Wildman–Crippen LogP) is 1.48. The minimum atomic E-state index is 0.125. The van der Waals surface area contributed by atoms with E-state index in [2.05, 4.69) is 35.9 Å². The van der Waals surface area contributed by atoms with Crippen LogP contribution in [0.1, 0.15) is 19.3 Å². The molecule has 1 N–H and O–H groups in total. The molecule has 2 aromatic rings. The molecule has 0 radical (unpaired) electrons. The van der Waals surface area contributed by atoms with Gasteiger partial charge in [0.2, 0.25) is 0 Å². The predicted molar refractivity (Wildman–Crippen MR) is 76.1 cm³/mol. The number of aryl methyl sites for hydroxylation is 1. The van der Waals surface area contributed by atoms with Crippen molar-refractivity contribution in [2.45, 2.75) is 25.3 Å². The highest BCUT2D eigenvalue weighted by molar-refractivity contribution is 9.10. The highest BCUT2D eigenvalue weighted by Gasteiger charge is 2.28. The number of halogens is 1. The zero-order chi connectivity index (χ0) is 13.4. The number of nitrogens with zero attached hydrogens (tertiary/aromatic N) is 5. The van der Waals surface area contributed by atoms with E-state index < -0.39 is 0 Å². The van der Waals surface area contributed by atoms with Gasteiger partial charge in [0, 0.05) is 19.6 Å². The average Bonchev–Trinajstić information content (AvgIpc) is 2.63. The van der Waals surface area contributed by atoms with Gasteiger partial charge in [0.25, 0.3) is 0 Å². The molecule has 1 aliphatic rings. The SMILES string of the molecule is Cn1nc(Br)c2c(N(CCO)C3CCC3)ncnc21. The Morgan fingerprint density at radius 2 is 2.26 bits per heavy atom. The number of hydrogen-bond donors (Lipinski definition) is 1. The zero-order valence-corrected chi connectivity index (χ0v) is 12.3. The molecule has 0 atom stereocenters. The first-order valence-corrected chi connectivity index (χ1v) is 7.22. The van der Waals surface area contributed by atoms with Crippen LogP contribution < -0.4 is 4.90 Å². The van der Waals surface area contributed by atoms with Crippen LogP contribution in [0.3, 0.4) is 0 Å². The number of fused-ring (bicyclic) bond motifs is 1. The largest absolute Gasteiger partial charge is 0.395 e. The van der Waals surface area contributed by atoms with Crippen LogP contribution in [-0.4, -0.2) is 44.0 Å². The summed E-state index contributed by atoms with van der Waals surface area (Å²) in [4.78, 5) is 10.9. The Morgan fingerprint density at radius 3 is 2.89 bits per heavy atom. The molecule has 0 aromatic carbocycles. The summed E-state index contributed by atoms with van der Waals surface area (Å²) < 4.78 is 2.49. The molecular weight excluding hydrogens is 310 g/mol. The molecule has 1 fully saturated rings. The highest BCUT2D eigenvalue weighted by Crippen LogP contribution is 2.34. The molecule has 0 bridgehead atoms. The van der Waals surface area contributed by atoms with Gasteiger partial charge in [-0.15, -0.1) is 0 Å². The third kappa shape index (κ3) is 2.10. The van der Waals surface area contributed by atoms with Gasteiger partial charge in [-0.2, -0.15) is 5.10 Å². The number of aromatic nitrogens is 4. The summed E-state index contributed by atoms with van der Waals surface area (Å²) in [5.41, 5.74) is 0.805. The van der Waals surface area contributed by atoms with Crippen molar-refractivity contribution in [3.05, 3.63) is 10.9 Å². The van der Waals surface area contributed by atoms with Crippen LogP contribution in [0, 0.1) is 0 Å². The molecule has 0 amide bonds. The second-order valence-electron chi connectivity index (χ2n) is 4.81. The maximum atomic E-state index is 9.30. The lowest BCUT2D eigenvalue weighted by atomic mass is 9.91. The number of rotatable bonds is 4. The fraction of sp³-hybridized carbons (Fsp3) is 0.583. The van der Waals surface area contributed by atoms with E-state index in [0.717, 1.165) is 34.3 Å². The summed E-state index contributed by atoms with van der Waals surface area (Å²) >= 11 is 3.48. The van der Waals surface area contributed by atoms with Crippen LogP contribution in [0.5, 0.6) is 0 Å². The summed E-state index contributed by atoms with van der Waals surface area (Å²) in [6.45, 7) is 0.720. The normalized spacial score (nSPS) is 15.7. The standard InChI is InChI=1S/C12H16BrN5O/c1-17-11-9(10(13)16-17)12(15-7-14-11)18(5-6-19)8-3-2-4-8/h7-8,19H,2-6H2,1H3. The lowest BCUT2D eigenvalue weighted by Gasteiger charge is -2.38. The lowest BCUT2D eigenvalue weighted by Crippen LogP contribution is -2.42. The van der Waals surface area contributed by atoms with Crippen molar-refractivity contribution in [2.24, 2.45) is 7.05 Å². The molecule has 0 aliphatic heterocycles. The van der Waals surface area contributed by atoms with Gasteiger partial charge in [-0.25, -0.2) is 14.6 Å². The second-order valence-corrected chi connectivity index (χ2v) is 5.56. The molecule has 7 heteroatoms. The zero-order valence-electron chi connectivity index (χ0n) is 10.8. The Bertz CT molecular complexity index is 595. The minimum Gasteiger partial charge on any atom is -0.395 e. The summed E-state index contributed by atoms with van der Waals surface area (Å²) in [6, 6.07) is 0.470. The lowest BCUT2D eigenvalue weighted by molar-refractivity contribution is 0.283. The topological polar surface area (TPSA) is 67.1 Å². The molecule has 0 spiro atoms. The maximum absolute atomic E-state index is 9.30. The van der Waals surface area contributed by atoms with Crippen LogP contribution >= 0.6 is 15.9 Å². The Morgan fingerprint density at radius 1 is 1.47 bits per heavy atom. The number of hydrogen-bond acceptors (Lipinski definition) is 5. The van der Waals surface area contributed by atoms with Gasteiger partial charge in [-0.05, 0) is 35.2 Å². The van der Waals surface area contributed by atoms with Crippen molar-refractivity contribution >= 4 is 32.8 Å². The third-order valence-electron chi connectivity index (χ3n) is 3.69. The van der Waals surface area contributed by atoms with Crippen molar-refractivity contribution in [1.29, 1.82) is 0 Å². The molecular formula is C12H16BrN5O. The van der Waals surface area contributed by atoms with Gasteiger partial charge in [-0.3, -0.25) is 0 Å². The van der Waals surface area contributed by atoms with Gasteiger partial charge in [0.1, 0.15) is 16.7 Å². The van der Waals surface area contributed by atoms with Crippen molar-refractivity contribution in [2.75, 3.05) is 18.1 Å². The van der Waals surface area contributed by atoms with Crippen molar-refractivity contribution in [3.63, 3.8) is 0 Å². The third-order valence-corrected chi connectivity index (χ3v) is 4.24. The first-order valence-electron chi connectivity index (χ1n) is 6.43. The summed E-state index contributed by atoms with van der Waals surface area (Å²) in [7, 11) is 1.86. The summed E-state index contributed by atoms with van der Waals surface area (Å²) in [5.74, 6) is 0.865. The van der Waals surface area contributed by atoms with E-state index in [0.29, 0.717) is 12.6 Å². The Balaban J connectivity index is 2.11. The summed E-state index contributed by atoms with van der Waals surface area (Å²) in [6.07, 6.45) is 5.12. The smallest absolute Gasteiger partial charge is 0.164 e. The highest BCUT2D eigenvalue weighted by atomic mass is 79.9. The van der Waals surface area contributed by atoms with Crippen LogP contribution in [0.15, 0.2) is 10.9 Å². The number of aliphatic hydroxyl groups is 1. The van der Waals surface area contributed by atoms with Crippen molar-refractivity contribution in [3.8, 4) is 0 Å². The Hall–Kier alpha value is -1.21. The first kappa shape index (κ1) is 12.8. The Kier molecular flexibility index (Phi) is 3.40. The molecule has 19 heavy (non-hydrogen) atoms. The van der Waals surface area contributed by atoms with Crippen LogP contribution in [0.2, 0.25) is 0 Å². The average molecular weight is 326 g/mol. The molecule has 3 rings (SSSR count). The van der Waals surface area contributed by atoms with E-state index in [1.165, 1.54) is 6.42 Å². The van der Waals surface area contributed by atoms with Crippen LogP contribution in [0.4, 0.5) is 5.82 Å². The first-order chi connectivity index (χ1) is 9.22. The molecule has 0 unspecified atom stereocenters. The molecule has 2 heterocycles. The molecule has 102 valence electrons. The Labute approximate surface area is 119 Å². The van der Waals surface area contributed by atoms with E-state index in [4.69, 9.17) is 0 Å². The van der Waals surface area contributed by atoms with Gasteiger partial charge >= 0.3 is 0 Å². The number of aliphatic hydroxyl groups excluding tert-OH is 1. The maximum Gasteiger partial charge on any atom is 0.164 e. The second kappa shape index (κ2) is 5.05. The number of anilines is 1. The molecule has 0 saturated heterocycles. The van der Waals surface area contributed by atoms with Gasteiger partial charge < -0.3 is 10.0 Å². The fourth-order valence-electron chi connectivity index (χ4n) is 2.51. The van der Waals surface area contributed by atoms with Crippen LogP contribution in [0.25, 0.3) is 11.0 Å². The summed E-state index contributed by atoms with van der Waals surface area (Å²) in [5, 5.41) is 14.6. The van der Waals surface area contributed by atoms with E-state index in [1.807, 2.05) is 7.05 Å². The van der Waals surface area contributed by atoms with E-state index in [9.17, 15) is 5.11 Å². The molecule has 2 aromatic heterocycles. The quantitative estimate of drug-likeness (QED) is 0.922. The fourth-order valence-corrected chi connectivity index (χ4v) is 3.10. The van der Waals surface area contributed by atoms with Crippen LogP contribution in [-0.2, 0) is 7.05 Å². The minimum absolute atomic E-state index is 0.125. The van der Waals surface area contributed by atoms with E-state index >= 15 is 0 Å². The van der Waals surface area contributed by atoms with Crippen molar-refractivity contribution in [1.82, 2.24) is 19.7 Å².